The van der Waals surface area contributed by atoms with Gasteiger partial charge in [-0.15, -0.1) is 12.4 Å². The number of nitrogens with zero attached hydrogens (tertiary/aromatic N) is 1. The van der Waals surface area contributed by atoms with E-state index in [0.717, 1.165) is 37.6 Å². The largest absolute Gasteiger partial charge is 0.490 e. The molecule has 0 spiro atoms. The Bertz CT molecular complexity index is 376. The van der Waals surface area contributed by atoms with Crippen LogP contribution in [0.4, 0.5) is 0 Å². The van der Waals surface area contributed by atoms with Gasteiger partial charge in [-0.05, 0) is 32.0 Å². The third kappa shape index (κ3) is 4.90. The summed E-state index contributed by atoms with van der Waals surface area (Å²) in [4.78, 5) is 2.34. The number of benzene rings is 1. The van der Waals surface area contributed by atoms with Crippen LogP contribution in [0.2, 0.25) is 0 Å². The number of halogens is 1. The first-order valence-electron chi connectivity index (χ1n) is 6.62. The van der Waals surface area contributed by atoms with E-state index in [1.807, 2.05) is 31.2 Å². The topological polar surface area (TPSA) is 47.7 Å². The van der Waals surface area contributed by atoms with E-state index in [2.05, 4.69) is 4.90 Å². The van der Waals surface area contributed by atoms with E-state index in [-0.39, 0.29) is 12.4 Å². The van der Waals surface area contributed by atoms with Gasteiger partial charge in [-0.25, -0.2) is 0 Å². The van der Waals surface area contributed by atoms with Crippen molar-refractivity contribution < 1.29 is 9.47 Å². The molecular weight excluding hydrogens is 264 g/mol. The van der Waals surface area contributed by atoms with Gasteiger partial charge in [0.15, 0.2) is 11.5 Å². The molecule has 1 saturated heterocycles. The summed E-state index contributed by atoms with van der Waals surface area (Å²) in [6, 6.07) is 8.13. The molecule has 1 aromatic carbocycles. The first-order valence-corrected chi connectivity index (χ1v) is 6.62. The average molecular weight is 287 g/mol. The summed E-state index contributed by atoms with van der Waals surface area (Å²) in [7, 11) is 0. The number of ether oxygens (including phenoxy) is 2. The fourth-order valence-corrected chi connectivity index (χ4v) is 2.19. The van der Waals surface area contributed by atoms with E-state index in [0.29, 0.717) is 19.3 Å². The van der Waals surface area contributed by atoms with Crippen LogP contribution >= 0.6 is 12.4 Å². The normalized spacial score (nSPS) is 18.9. The zero-order chi connectivity index (χ0) is 12.8. The molecule has 1 atom stereocenters. The summed E-state index contributed by atoms with van der Waals surface area (Å²) < 4.78 is 11.3. The number of hydrogen-bond donors (Lipinski definition) is 1. The molecule has 5 heteroatoms. The standard InChI is InChI=1S/C14H22N2O2.ClH/c1-2-17-13-5-3-4-6-14(13)18-10-9-16-8-7-12(15)11-16;/h3-6,12H,2,7-11,15H2,1H3;1H/t12-;/m0./s1. The number of nitrogens with two attached hydrogens (primary N) is 1. The van der Waals surface area contributed by atoms with Gasteiger partial charge in [-0.2, -0.15) is 0 Å². The third-order valence-electron chi connectivity index (χ3n) is 3.12. The first kappa shape index (κ1) is 16.1. The lowest BCUT2D eigenvalue weighted by Gasteiger charge is -2.16. The Kier molecular flexibility index (Phi) is 6.99. The molecule has 0 amide bonds. The highest BCUT2D eigenvalue weighted by atomic mass is 35.5. The SMILES string of the molecule is CCOc1ccccc1OCCN1CC[C@H](N)C1.Cl. The minimum Gasteiger partial charge on any atom is -0.490 e. The molecule has 1 aliphatic heterocycles. The van der Waals surface area contributed by atoms with Gasteiger partial charge in [0.05, 0.1) is 6.61 Å². The number of para-hydroxylation sites is 2. The molecule has 0 aliphatic carbocycles. The fraction of sp³-hybridized carbons (Fsp3) is 0.571. The summed E-state index contributed by atoms with van der Waals surface area (Å²) >= 11 is 0. The number of likely N-dealkylation sites (tertiary alicyclic amines) is 1. The molecule has 0 bridgehead atoms. The van der Waals surface area contributed by atoms with Crippen LogP contribution in [0.5, 0.6) is 11.5 Å². The van der Waals surface area contributed by atoms with Crippen LogP contribution in [0.3, 0.4) is 0 Å². The number of hydrogen-bond acceptors (Lipinski definition) is 4. The van der Waals surface area contributed by atoms with Gasteiger partial charge in [0.25, 0.3) is 0 Å². The van der Waals surface area contributed by atoms with Crippen molar-refractivity contribution in [1.82, 2.24) is 4.90 Å². The third-order valence-corrected chi connectivity index (χ3v) is 3.12. The van der Waals surface area contributed by atoms with Crippen molar-refractivity contribution >= 4 is 12.4 Å². The van der Waals surface area contributed by atoms with Crippen LogP contribution < -0.4 is 15.2 Å². The molecular formula is C14H23ClN2O2. The highest BCUT2D eigenvalue weighted by Crippen LogP contribution is 2.26. The molecule has 4 nitrogen and oxygen atoms in total. The number of rotatable bonds is 6. The van der Waals surface area contributed by atoms with Crippen molar-refractivity contribution in [3.63, 3.8) is 0 Å². The van der Waals surface area contributed by atoms with E-state index >= 15 is 0 Å². The maximum absolute atomic E-state index is 5.87. The van der Waals surface area contributed by atoms with Crippen molar-refractivity contribution in [1.29, 1.82) is 0 Å². The maximum atomic E-state index is 5.87. The van der Waals surface area contributed by atoms with Crippen molar-refractivity contribution in [3.05, 3.63) is 24.3 Å². The molecule has 1 aliphatic rings. The van der Waals surface area contributed by atoms with E-state index < -0.39 is 0 Å². The fourth-order valence-electron chi connectivity index (χ4n) is 2.19. The maximum Gasteiger partial charge on any atom is 0.161 e. The van der Waals surface area contributed by atoms with Gasteiger partial charge < -0.3 is 15.2 Å². The van der Waals surface area contributed by atoms with Gasteiger partial charge in [0.1, 0.15) is 6.61 Å². The Balaban J connectivity index is 0.00000180. The lowest BCUT2D eigenvalue weighted by atomic mass is 10.3. The Hall–Kier alpha value is -0.970. The van der Waals surface area contributed by atoms with Gasteiger partial charge >= 0.3 is 0 Å². The molecule has 2 rings (SSSR count). The van der Waals surface area contributed by atoms with Crippen LogP contribution in [0.25, 0.3) is 0 Å². The zero-order valence-corrected chi connectivity index (χ0v) is 12.2. The van der Waals surface area contributed by atoms with E-state index in [1.165, 1.54) is 0 Å². The monoisotopic (exact) mass is 286 g/mol. The van der Waals surface area contributed by atoms with Gasteiger partial charge in [0, 0.05) is 19.1 Å². The van der Waals surface area contributed by atoms with Gasteiger partial charge in [-0.1, -0.05) is 12.1 Å². The molecule has 0 radical (unpaired) electrons. The van der Waals surface area contributed by atoms with Crippen LogP contribution in [0.15, 0.2) is 24.3 Å². The summed E-state index contributed by atoms with van der Waals surface area (Å²) in [6.07, 6.45) is 1.09. The minimum absolute atomic E-state index is 0. The molecule has 1 aromatic rings. The first-order chi connectivity index (χ1) is 8.79. The lowest BCUT2D eigenvalue weighted by Crippen LogP contribution is -2.29. The summed E-state index contributed by atoms with van der Waals surface area (Å²) in [6.45, 7) is 6.29. The molecule has 108 valence electrons. The van der Waals surface area contributed by atoms with E-state index in [1.54, 1.807) is 0 Å². The van der Waals surface area contributed by atoms with Gasteiger partial charge in [-0.3, -0.25) is 4.90 Å². The van der Waals surface area contributed by atoms with Crippen molar-refractivity contribution in [2.45, 2.75) is 19.4 Å². The predicted molar refractivity (Wildman–Crippen MR) is 79.4 cm³/mol. The minimum atomic E-state index is 0. The summed E-state index contributed by atoms with van der Waals surface area (Å²) in [5, 5.41) is 0. The quantitative estimate of drug-likeness (QED) is 0.868. The van der Waals surface area contributed by atoms with Crippen molar-refractivity contribution in [2.24, 2.45) is 5.73 Å². The predicted octanol–water partition coefficient (Wildman–Crippen LogP) is 1.92. The Labute approximate surface area is 121 Å². The highest BCUT2D eigenvalue weighted by molar-refractivity contribution is 5.85. The Morgan fingerprint density at radius 2 is 1.95 bits per heavy atom. The zero-order valence-electron chi connectivity index (χ0n) is 11.4. The van der Waals surface area contributed by atoms with Crippen molar-refractivity contribution in [3.8, 4) is 11.5 Å². The molecule has 1 heterocycles. The van der Waals surface area contributed by atoms with E-state index in [4.69, 9.17) is 15.2 Å². The molecule has 1 fully saturated rings. The van der Waals surface area contributed by atoms with Crippen LogP contribution in [0.1, 0.15) is 13.3 Å². The molecule has 0 unspecified atom stereocenters. The van der Waals surface area contributed by atoms with Crippen LogP contribution in [-0.2, 0) is 0 Å². The second-order valence-electron chi connectivity index (χ2n) is 4.58. The summed E-state index contributed by atoms with van der Waals surface area (Å²) in [5.41, 5.74) is 5.87. The molecule has 2 N–H and O–H groups in total. The average Bonchev–Trinajstić information content (AvgIpc) is 2.78. The second-order valence-corrected chi connectivity index (χ2v) is 4.58. The van der Waals surface area contributed by atoms with Crippen molar-refractivity contribution in [2.75, 3.05) is 32.8 Å². The Morgan fingerprint density at radius 3 is 2.53 bits per heavy atom. The lowest BCUT2D eigenvalue weighted by molar-refractivity contribution is 0.225. The second kappa shape index (κ2) is 8.25. The molecule has 0 saturated carbocycles. The molecule has 0 aromatic heterocycles. The Morgan fingerprint density at radius 1 is 1.26 bits per heavy atom. The smallest absolute Gasteiger partial charge is 0.161 e. The summed E-state index contributed by atoms with van der Waals surface area (Å²) in [5.74, 6) is 1.64. The van der Waals surface area contributed by atoms with Crippen LogP contribution in [-0.4, -0.2) is 43.8 Å². The molecule has 19 heavy (non-hydrogen) atoms. The van der Waals surface area contributed by atoms with Crippen LogP contribution in [0, 0.1) is 0 Å². The highest BCUT2D eigenvalue weighted by Gasteiger charge is 2.18. The van der Waals surface area contributed by atoms with E-state index in [9.17, 15) is 0 Å². The van der Waals surface area contributed by atoms with Gasteiger partial charge in [0.2, 0.25) is 0 Å².